The van der Waals surface area contributed by atoms with Crippen LogP contribution in [0.25, 0.3) is 33.2 Å². The van der Waals surface area contributed by atoms with Crippen molar-refractivity contribution in [3.63, 3.8) is 0 Å². The number of carbonyl (C=O) groups excluding carboxylic acids is 1. The van der Waals surface area contributed by atoms with Gasteiger partial charge in [0, 0.05) is 52.7 Å². The number of aromatic amines is 2. The molecule has 0 aliphatic carbocycles. The normalized spacial score (nSPS) is 11.1. The second-order valence-corrected chi connectivity index (χ2v) is 8.09. The molecule has 6 aromatic rings. The summed E-state index contributed by atoms with van der Waals surface area (Å²) in [7, 11) is 0. The van der Waals surface area contributed by atoms with Crippen molar-refractivity contribution in [2.24, 2.45) is 0 Å². The summed E-state index contributed by atoms with van der Waals surface area (Å²) in [6.07, 6.45) is 6.91. The number of pyridine rings is 1. The lowest BCUT2D eigenvalue weighted by Crippen LogP contribution is -2.23. The molecule has 6 rings (SSSR count). The van der Waals surface area contributed by atoms with Gasteiger partial charge in [0.1, 0.15) is 11.5 Å². The van der Waals surface area contributed by atoms with Crippen LogP contribution in [0.4, 0.5) is 11.5 Å². The highest BCUT2D eigenvalue weighted by atomic mass is 16.1. The van der Waals surface area contributed by atoms with Gasteiger partial charge in [0.15, 0.2) is 5.82 Å². The Balaban J connectivity index is 1.21. The number of carbonyl (C=O) groups is 1. The third-order valence-electron chi connectivity index (χ3n) is 5.70. The van der Waals surface area contributed by atoms with E-state index in [1.165, 1.54) is 0 Å². The summed E-state index contributed by atoms with van der Waals surface area (Å²) in [6, 6.07) is 19.2. The van der Waals surface area contributed by atoms with E-state index in [9.17, 15) is 4.79 Å². The van der Waals surface area contributed by atoms with Crippen LogP contribution in [0.1, 0.15) is 16.1 Å². The summed E-state index contributed by atoms with van der Waals surface area (Å²) in [5.74, 6) is 1.09. The van der Waals surface area contributed by atoms with Crippen LogP contribution in [0, 0.1) is 0 Å². The number of anilines is 2. The maximum Gasteiger partial charge on any atom is 0.267 e. The molecule has 1 amide bonds. The third kappa shape index (κ3) is 4.30. The molecule has 2 aromatic carbocycles. The predicted molar refractivity (Wildman–Crippen MR) is 134 cm³/mol. The average Bonchev–Trinajstić information content (AvgIpc) is 3.54. The minimum Gasteiger partial charge on any atom is -0.351 e. The van der Waals surface area contributed by atoms with E-state index < -0.39 is 0 Å². The van der Waals surface area contributed by atoms with Gasteiger partial charge in [-0.05, 0) is 54.1 Å². The highest BCUT2D eigenvalue weighted by Gasteiger charge is 2.11. The van der Waals surface area contributed by atoms with Crippen LogP contribution in [0.5, 0.6) is 0 Å². The fourth-order valence-corrected chi connectivity index (χ4v) is 3.90. The van der Waals surface area contributed by atoms with Gasteiger partial charge in [0.25, 0.3) is 5.91 Å². The molecule has 0 saturated heterocycles. The van der Waals surface area contributed by atoms with E-state index in [2.05, 4.69) is 40.8 Å². The summed E-state index contributed by atoms with van der Waals surface area (Å²) in [5.41, 5.74) is 5.05. The van der Waals surface area contributed by atoms with E-state index in [1.807, 2.05) is 60.7 Å². The number of hydrogen-bond acceptors (Lipinski definition) is 6. The molecule has 0 aliphatic heterocycles. The van der Waals surface area contributed by atoms with E-state index >= 15 is 0 Å². The van der Waals surface area contributed by atoms with E-state index in [0.29, 0.717) is 23.9 Å². The zero-order chi connectivity index (χ0) is 23.6. The van der Waals surface area contributed by atoms with Crippen molar-refractivity contribution in [1.29, 1.82) is 0 Å². The Morgan fingerprint density at radius 2 is 1.80 bits per heavy atom. The Labute approximate surface area is 199 Å². The first-order valence-electron chi connectivity index (χ1n) is 11.0. The monoisotopic (exact) mass is 460 g/mol. The van der Waals surface area contributed by atoms with Crippen LogP contribution < -0.4 is 10.6 Å². The number of benzene rings is 2. The van der Waals surface area contributed by atoms with Crippen molar-refractivity contribution < 1.29 is 4.79 Å². The Kier molecular flexibility index (Phi) is 5.12. The largest absolute Gasteiger partial charge is 0.351 e. The maximum absolute atomic E-state index is 12.6. The fourth-order valence-electron chi connectivity index (χ4n) is 3.90. The number of rotatable bonds is 6. The average molecular weight is 461 g/mol. The SMILES string of the molecule is O=C(NCc1ccncc1)c1cc2ccc(-c3nccc(Nc4ccc5[nH]ncc5c4)n3)cc2[nH]1. The molecule has 0 aliphatic rings. The Hall–Kier alpha value is -5.05. The zero-order valence-corrected chi connectivity index (χ0v) is 18.5. The predicted octanol–water partition coefficient (Wildman–Crippen LogP) is 4.57. The van der Waals surface area contributed by atoms with Crippen molar-refractivity contribution in [1.82, 2.24) is 35.5 Å². The summed E-state index contributed by atoms with van der Waals surface area (Å²) in [4.78, 5) is 28.9. The number of aromatic nitrogens is 6. The molecule has 4 N–H and O–H groups in total. The second kappa shape index (κ2) is 8.71. The highest BCUT2D eigenvalue weighted by molar-refractivity contribution is 5.98. The molecule has 0 bridgehead atoms. The Morgan fingerprint density at radius 3 is 2.71 bits per heavy atom. The molecule has 4 heterocycles. The lowest BCUT2D eigenvalue weighted by Gasteiger charge is -2.07. The number of H-pyrrole nitrogens is 2. The van der Waals surface area contributed by atoms with Crippen molar-refractivity contribution in [3.05, 3.63) is 96.7 Å². The van der Waals surface area contributed by atoms with E-state index in [0.717, 1.165) is 38.6 Å². The molecule has 0 fully saturated rings. The topological polar surface area (TPSA) is 124 Å². The standard InChI is InChI=1S/C26H20N8O/c35-26(29-14-16-5-8-27-9-6-16)23-12-17-1-2-18(13-22(17)32-23)25-28-10-7-24(33-25)31-20-3-4-21-19(11-20)15-30-34-21/h1-13,15,32H,14H2,(H,29,35)(H,30,34)(H,28,31,33). The molecule has 35 heavy (non-hydrogen) atoms. The molecular weight excluding hydrogens is 440 g/mol. The highest BCUT2D eigenvalue weighted by Crippen LogP contribution is 2.25. The molecule has 0 saturated carbocycles. The van der Waals surface area contributed by atoms with Crippen molar-refractivity contribution in [3.8, 4) is 11.4 Å². The molecule has 0 unspecified atom stereocenters. The summed E-state index contributed by atoms with van der Waals surface area (Å²) in [6.45, 7) is 0.434. The van der Waals surface area contributed by atoms with Crippen molar-refractivity contribution in [2.75, 3.05) is 5.32 Å². The van der Waals surface area contributed by atoms with Crippen LogP contribution in [0.15, 0.2) is 85.5 Å². The van der Waals surface area contributed by atoms with E-state index in [4.69, 9.17) is 0 Å². The summed E-state index contributed by atoms with van der Waals surface area (Å²) in [5, 5.41) is 15.2. The number of nitrogens with zero attached hydrogens (tertiary/aromatic N) is 4. The van der Waals surface area contributed by atoms with Gasteiger partial charge in [-0.15, -0.1) is 0 Å². The first-order valence-corrected chi connectivity index (χ1v) is 11.0. The minimum absolute atomic E-state index is 0.170. The molecule has 9 heteroatoms. The first-order chi connectivity index (χ1) is 17.2. The lowest BCUT2D eigenvalue weighted by molar-refractivity contribution is 0.0946. The molecule has 0 atom stereocenters. The quantitative estimate of drug-likeness (QED) is 0.289. The van der Waals surface area contributed by atoms with Crippen LogP contribution >= 0.6 is 0 Å². The van der Waals surface area contributed by atoms with Crippen molar-refractivity contribution >= 4 is 39.2 Å². The zero-order valence-electron chi connectivity index (χ0n) is 18.5. The van der Waals surface area contributed by atoms with Gasteiger partial charge < -0.3 is 15.6 Å². The Bertz CT molecular complexity index is 1650. The molecule has 9 nitrogen and oxygen atoms in total. The van der Waals surface area contributed by atoms with Gasteiger partial charge in [-0.2, -0.15) is 5.10 Å². The van der Waals surface area contributed by atoms with Gasteiger partial charge in [-0.3, -0.25) is 14.9 Å². The van der Waals surface area contributed by atoms with Crippen LogP contribution in [0.2, 0.25) is 0 Å². The Morgan fingerprint density at radius 1 is 0.886 bits per heavy atom. The fraction of sp³-hybridized carbons (Fsp3) is 0.0385. The van der Waals surface area contributed by atoms with E-state index in [1.54, 1.807) is 24.8 Å². The molecular formula is C26H20N8O. The van der Waals surface area contributed by atoms with Gasteiger partial charge in [-0.1, -0.05) is 12.1 Å². The minimum atomic E-state index is -0.170. The van der Waals surface area contributed by atoms with Gasteiger partial charge in [0.05, 0.1) is 11.7 Å². The van der Waals surface area contributed by atoms with Gasteiger partial charge in [0.2, 0.25) is 0 Å². The van der Waals surface area contributed by atoms with Crippen LogP contribution in [-0.2, 0) is 6.54 Å². The number of nitrogens with one attached hydrogen (secondary N) is 4. The maximum atomic E-state index is 12.6. The first kappa shape index (κ1) is 20.5. The number of hydrogen-bond donors (Lipinski definition) is 4. The number of fused-ring (bicyclic) bond motifs is 2. The van der Waals surface area contributed by atoms with E-state index in [-0.39, 0.29) is 5.91 Å². The molecule has 0 spiro atoms. The van der Waals surface area contributed by atoms with Crippen molar-refractivity contribution in [2.45, 2.75) is 6.54 Å². The molecule has 4 aromatic heterocycles. The second-order valence-electron chi connectivity index (χ2n) is 8.09. The van der Waals surface area contributed by atoms with Crippen LogP contribution in [-0.4, -0.2) is 36.0 Å². The van der Waals surface area contributed by atoms with Gasteiger partial charge >= 0.3 is 0 Å². The molecule has 0 radical (unpaired) electrons. The smallest absolute Gasteiger partial charge is 0.267 e. The summed E-state index contributed by atoms with van der Waals surface area (Å²) >= 11 is 0. The van der Waals surface area contributed by atoms with Gasteiger partial charge in [-0.25, -0.2) is 9.97 Å². The molecule has 170 valence electrons. The lowest BCUT2D eigenvalue weighted by atomic mass is 10.1. The summed E-state index contributed by atoms with van der Waals surface area (Å²) < 4.78 is 0. The number of amides is 1. The van der Waals surface area contributed by atoms with Crippen LogP contribution in [0.3, 0.4) is 0 Å². The third-order valence-corrected chi connectivity index (χ3v) is 5.70.